The fourth-order valence-electron chi connectivity index (χ4n) is 2.99. The molecular formula is C18H36N4O2. The van der Waals surface area contributed by atoms with E-state index in [1.54, 1.807) is 0 Å². The Kier molecular flexibility index (Phi) is 11.5. The van der Waals surface area contributed by atoms with Gasteiger partial charge in [0.15, 0.2) is 0 Å². The fourth-order valence-corrected chi connectivity index (χ4v) is 2.99. The molecule has 1 saturated heterocycles. The first-order chi connectivity index (χ1) is 11.6. The van der Waals surface area contributed by atoms with Gasteiger partial charge < -0.3 is 21.7 Å². The van der Waals surface area contributed by atoms with Crippen molar-refractivity contribution in [2.24, 2.45) is 5.73 Å². The number of carbonyl (C=O) groups is 2. The van der Waals surface area contributed by atoms with Crippen LogP contribution in [0.25, 0.3) is 0 Å². The third-order valence-electron chi connectivity index (χ3n) is 4.51. The second-order valence-electron chi connectivity index (χ2n) is 6.86. The molecule has 0 aliphatic carbocycles. The summed E-state index contributed by atoms with van der Waals surface area (Å²) >= 11 is 0. The summed E-state index contributed by atoms with van der Waals surface area (Å²) in [5, 5.41) is 9.32. The molecule has 1 aliphatic heterocycles. The van der Waals surface area contributed by atoms with Gasteiger partial charge in [-0.25, -0.2) is 0 Å². The molecule has 6 heteroatoms. The zero-order valence-electron chi connectivity index (χ0n) is 15.2. The molecule has 0 bridgehead atoms. The molecule has 0 radical (unpaired) electrons. The summed E-state index contributed by atoms with van der Waals surface area (Å²) in [5.41, 5.74) is 5.43. The van der Waals surface area contributed by atoms with E-state index in [0.29, 0.717) is 13.0 Å². The number of nitrogens with one attached hydrogen (secondary N) is 3. The lowest BCUT2D eigenvalue weighted by Crippen LogP contribution is -2.48. The quantitative estimate of drug-likeness (QED) is 0.404. The lowest BCUT2D eigenvalue weighted by Gasteiger charge is -2.24. The molecule has 24 heavy (non-hydrogen) atoms. The second kappa shape index (κ2) is 13.2. The zero-order valence-corrected chi connectivity index (χ0v) is 15.2. The van der Waals surface area contributed by atoms with Crippen molar-refractivity contribution < 1.29 is 9.59 Å². The van der Waals surface area contributed by atoms with Gasteiger partial charge in [0.05, 0.1) is 6.04 Å². The number of rotatable bonds is 12. The average Bonchev–Trinajstić information content (AvgIpc) is 2.59. The number of nitrogens with two attached hydrogens (primary N) is 1. The Hall–Kier alpha value is -1.14. The van der Waals surface area contributed by atoms with Crippen molar-refractivity contribution in [3.8, 4) is 0 Å². The molecular weight excluding hydrogens is 304 g/mol. The van der Waals surface area contributed by atoms with Crippen LogP contribution in [0.4, 0.5) is 0 Å². The van der Waals surface area contributed by atoms with Crippen LogP contribution < -0.4 is 21.7 Å². The number of hydrogen-bond donors (Lipinski definition) is 4. The predicted octanol–water partition coefficient (Wildman–Crippen LogP) is 1.44. The van der Waals surface area contributed by atoms with E-state index in [1.807, 2.05) is 0 Å². The van der Waals surface area contributed by atoms with E-state index in [2.05, 4.69) is 22.9 Å². The average molecular weight is 341 g/mol. The lowest BCUT2D eigenvalue weighted by molar-refractivity contribution is -0.124. The molecule has 5 N–H and O–H groups in total. The maximum absolute atomic E-state index is 12.1. The minimum atomic E-state index is -0.0141. The minimum absolute atomic E-state index is 0.0141. The highest BCUT2D eigenvalue weighted by atomic mass is 16.2. The summed E-state index contributed by atoms with van der Waals surface area (Å²) in [6.45, 7) is 4.42. The minimum Gasteiger partial charge on any atom is -0.356 e. The predicted molar refractivity (Wildman–Crippen MR) is 97.6 cm³/mol. The molecule has 6 nitrogen and oxygen atoms in total. The normalized spacial score (nSPS) is 18.8. The van der Waals surface area contributed by atoms with E-state index < -0.39 is 0 Å². The number of hydrogen-bond acceptors (Lipinski definition) is 4. The largest absolute Gasteiger partial charge is 0.356 e. The Morgan fingerprint density at radius 2 is 2.00 bits per heavy atom. The second-order valence-corrected chi connectivity index (χ2v) is 6.86. The lowest BCUT2D eigenvalue weighted by atomic mass is 10.0. The molecule has 140 valence electrons. The van der Waals surface area contributed by atoms with Crippen molar-refractivity contribution in [1.29, 1.82) is 0 Å². The molecule has 2 unspecified atom stereocenters. The van der Waals surface area contributed by atoms with Crippen molar-refractivity contribution in [3.63, 3.8) is 0 Å². The third-order valence-corrected chi connectivity index (χ3v) is 4.51. The van der Waals surface area contributed by atoms with E-state index in [4.69, 9.17) is 5.73 Å². The fraction of sp³-hybridized carbons (Fsp3) is 0.889. The maximum Gasteiger partial charge on any atom is 0.237 e. The highest BCUT2D eigenvalue weighted by Crippen LogP contribution is 2.08. The van der Waals surface area contributed by atoms with Crippen molar-refractivity contribution in [2.45, 2.75) is 83.2 Å². The monoisotopic (exact) mass is 340 g/mol. The summed E-state index contributed by atoms with van der Waals surface area (Å²) in [5.74, 6) is 0.268. The molecule has 2 amide bonds. The van der Waals surface area contributed by atoms with Gasteiger partial charge in [0.25, 0.3) is 0 Å². The summed E-state index contributed by atoms with van der Waals surface area (Å²) in [7, 11) is 0. The van der Waals surface area contributed by atoms with Gasteiger partial charge in [0.1, 0.15) is 0 Å². The molecule has 1 aliphatic rings. The molecule has 0 aromatic carbocycles. The van der Waals surface area contributed by atoms with E-state index >= 15 is 0 Å². The summed E-state index contributed by atoms with van der Waals surface area (Å²) in [4.78, 5) is 23.7. The molecule has 0 spiro atoms. The number of carbonyl (C=O) groups excluding carboxylic acids is 2. The van der Waals surface area contributed by atoms with Crippen molar-refractivity contribution in [3.05, 3.63) is 0 Å². The Labute approximate surface area is 146 Å². The van der Waals surface area contributed by atoms with E-state index in [1.165, 1.54) is 0 Å². The number of amides is 2. The first kappa shape index (κ1) is 20.9. The van der Waals surface area contributed by atoms with Crippen LogP contribution in [0.1, 0.15) is 71.1 Å². The zero-order chi connectivity index (χ0) is 17.6. The first-order valence-corrected chi connectivity index (χ1v) is 9.64. The van der Waals surface area contributed by atoms with Crippen LogP contribution in [-0.4, -0.2) is 43.5 Å². The number of piperidine rings is 1. The van der Waals surface area contributed by atoms with Crippen molar-refractivity contribution in [1.82, 2.24) is 16.0 Å². The summed E-state index contributed by atoms with van der Waals surface area (Å²) in [6.07, 6.45) is 9.68. The van der Waals surface area contributed by atoms with Gasteiger partial charge in [0, 0.05) is 19.0 Å². The van der Waals surface area contributed by atoms with Crippen LogP contribution >= 0.6 is 0 Å². The van der Waals surface area contributed by atoms with Gasteiger partial charge in [-0.05, 0) is 65.0 Å². The molecule has 2 atom stereocenters. The molecule has 1 heterocycles. The Morgan fingerprint density at radius 1 is 1.17 bits per heavy atom. The van der Waals surface area contributed by atoms with Crippen LogP contribution in [0.15, 0.2) is 0 Å². The highest BCUT2D eigenvalue weighted by Gasteiger charge is 2.21. The van der Waals surface area contributed by atoms with Crippen LogP contribution in [-0.2, 0) is 9.59 Å². The van der Waals surface area contributed by atoms with Gasteiger partial charge in [-0.2, -0.15) is 0 Å². The van der Waals surface area contributed by atoms with Gasteiger partial charge in [-0.3, -0.25) is 9.59 Å². The van der Waals surface area contributed by atoms with Crippen molar-refractivity contribution >= 4 is 11.8 Å². The van der Waals surface area contributed by atoms with E-state index in [0.717, 1.165) is 70.9 Å². The van der Waals surface area contributed by atoms with Gasteiger partial charge in [0.2, 0.25) is 11.8 Å². The number of unbranched alkanes of at least 4 members (excludes halogenated alkanes) is 3. The van der Waals surface area contributed by atoms with Crippen LogP contribution in [0, 0.1) is 0 Å². The van der Waals surface area contributed by atoms with Crippen molar-refractivity contribution in [2.75, 3.05) is 19.6 Å². The summed E-state index contributed by atoms with van der Waals surface area (Å²) in [6, 6.07) is 0.174. The van der Waals surface area contributed by atoms with E-state index in [9.17, 15) is 9.59 Å². The Morgan fingerprint density at radius 3 is 2.71 bits per heavy atom. The smallest absolute Gasteiger partial charge is 0.237 e. The molecule has 1 fully saturated rings. The Bertz CT molecular complexity index is 357. The maximum atomic E-state index is 12.1. The standard InChI is InChI=1S/C18H36N4O2/c1-15(22-18(24)16-10-5-8-13-20-16)9-4-7-14-21-17(23)11-3-2-6-12-19/h15-16,20H,2-14,19H2,1H3,(H,21,23)(H,22,24). The van der Waals surface area contributed by atoms with Gasteiger partial charge >= 0.3 is 0 Å². The first-order valence-electron chi connectivity index (χ1n) is 9.64. The molecule has 0 aromatic heterocycles. The van der Waals surface area contributed by atoms with Crippen LogP contribution in [0.2, 0.25) is 0 Å². The van der Waals surface area contributed by atoms with Crippen LogP contribution in [0.5, 0.6) is 0 Å². The molecule has 0 aromatic rings. The highest BCUT2D eigenvalue weighted by molar-refractivity contribution is 5.82. The summed E-state index contributed by atoms with van der Waals surface area (Å²) < 4.78 is 0. The third kappa shape index (κ3) is 9.88. The topological polar surface area (TPSA) is 96.2 Å². The molecule has 0 saturated carbocycles. The SMILES string of the molecule is CC(CCCCNC(=O)CCCCCN)NC(=O)C1CCCCN1. The Balaban J connectivity index is 1.97. The van der Waals surface area contributed by atoms with E-state index in [-0.39, 0.29) is 23.9 Å². The van der Waals surface area contributed by atoms with Gasteiger partial charge in [-0.15, -0.1) is 0 Å². The van der Waals surface area contributed by atoms with Gasteiger partial charge in [-0.1, -0.05) is 12.8 Å². The molecule has 1 rings (SSSR count). The van der Waals surface area contributed by atoms with Crippen LogP contribution in [0.3, 0.4) is 0 Å².